The molecule has 0 radical (unpaired) electrons. The smallest absolute Gasteiger partial charge is 0.0724 e. The van der Waals surface area contributed by atoms with Crippen molar-refractivity contribution in [1.82, 2.24) is 4.90 Å². The molecular weight excluding hydrogens is 426 g/mol. The Kier molecular flexibility index (Phi) is 16.5. The molecule has 2 aromatic rings. The van der Waals surface area contributed by atoms with E-state index in [2.05, 4.69) is 79.4 Å². The quantitative estimate of drug-likeness (QED) is 0.165. The second-order valence-corrected chi connectivity index (χ2v) is 10.4. The van der Waals surface area contributed by atoms with Crippen molar-refractivity contribution in [3.8, 4) is 0 Å². The number of ether oxygens (including phenoxy) is 1. The number of hydrogen-bond donors (Lipinski definition) is 0. The van der Waals surface area contributed by atoms with E-state index in [0.717, 1.165) is 19.5 Å². The van der Waals surface area contributed by atoms with Gasteiger partial charge in [-0.2, -0.15) is 0 Å². The first-order valence-electron chi connectivity index (χ1n) is 14.6. The Bertz CT molecular complexity index is 675. The summed E-state index contributed by atoms with van der Waals surface area (Å²) < 4.78 is 6.03. The lowest BCUT2D eigenvalue weighted by atomic mass is 10.0. The van der Waals surface area contributed by atoms with E-state index < -0.39 is 0 Å². The van der Waals surface area contributed by atoms with Gasteiger partial charge in [0.05, 0.1) is 6.10 Å². The Hall–Kier alpha value is -1.64. The molecule has 0 aliphatic heterocycles. The van der Waals surface area contributed by atoms with Crippen LogP contribution in [0.3, 0.4) is 0 Å². The van der Waals surface area contributed by atoms with Crippen LogP contribution in [0.1, 0.15) is 115 Å². The zero-order valence-electron chi connectivity index (χ0n) is 23.1. The summed E-state index contributed by atoms with van der Waals surface area (Å²) in [4.78, 5) is 2.58. The number of benzene rings is 2. The van der Waals surface area contributed by atoms with E-state index >= 15 is 0 Å². The highest BCUT2D eigenvalue weighted by molar-refractivity contribution is 5.17. The van der Waals surface area contributed by atoms with Crippen molar-refractivity contribution < 1.29 is 4.74 Å². The molecule has 196 valence electrons. The SMILES string of the molecule is CCCCCCCCCCCCCCC[C@@H](OC)[C@H](C)N(Cc1ccccc1)Cc1ccccc1. The minimum atomic E-state index is 0.273. The summed E-state index contributed by atoms with van der Waals surface area (Å²) >= 11 is 0. The van der Waals surface area contributed by atoms with E-state index in [1.54, 1.807) is 0 Å². The maximum Gasteiger partial charge on any atom is 0.0724 e. The summed E-state index contributed by atoms with van der Waals surface area (Å²) in [6, 6.07) is 22.1. The van der Waals surface area contributed by atoms with Crippen LogP contribution in [0.2, 0.25) is 0 Å². The van der Waals surface area contributed by atoms with Crippen LogP contribution >= 0.6 is 0 Å². The third kappa shape index (κ3) is 13.3. The first-order valence-corrected chi connectivity index (χ1v) is 14.6. The van der Waals surface area contributed by atoms with Crippen molar-refractivity contribution in [2.24, 2.45) is 0 Å². The van der Waals surface area contributed by atoms with Gasteiger partial charge in [-0.3, -0.25) is 4.90 Å². The summed E-state index contributed by atoms with van der Waals surface area (Å²) in [5.41, 5.74) is 2.73. The molecular formula is C33H53NO. The van der Waals surface area contributed by atoms with Crippen LogP contribution in [-0.4, -0.2) is 24.2 Å². The fourth-order valence-electron chi connectivity index (χ4n) is 5.13. The molecule has 0 saturated heterocycles. The van der Waals surface area contributed by atoms with Crippen LogP contribution in [0.5, 0.6) is 0 Å². The third-order valence-corrected chi connectivity index (χ3v) is 7.47. The molecule has 0 aliphatic rings. The van der Waals surface area contributed by atoms with Gasteiger partial charge in [0.15, 0.2) is 0 Å². The van der Waals surface area contributed by atoms with Crippen molar-refractivity contribution in [2.45, 2.75) is 129 Å². The molecule has 2 aromatic carbocycles. The van der Waals surface area contributed by atoms with Gasteiger partial charge in [0.2, 0.25) is 0 Å². The molecule has 2 nitrogen and oxygen atoms in total. The van der Waals surface area contributed by atoms with Crippen molar-refractivity contribution in [1.29, 1.82) is 0 Å². The molecule has 0 spiro atoms. The van der Waals surface area contributed by atoms with Crippen LogP contribution < -0.4 is 0 Å². The molecule has 0 N–H and O–H groups in total. The normalized spacial score (nSPS) is 13.3. The van der Waals surface area contributed by atoms with Gasteiger partial charge in [-0.05, 0) is 24.5 Å². The Balaban J connectivity index is 1.68. The first-order chi connectivity index (χ1) is 17.2. The lowest BCUT2D eigenvalue weighted by Crippen LogP contribution is -2.41. The van der Waals surface area contributed by atoms with Crippen LogP contribution in [0.4, 0.5) is 0 Å². The molecule has 2 atom stereocenters. The first kappa shape index (κ1) is 29.6. The van der Waals surface area contributed by atoms with Gasteiger partial charge < -0.3 is 4.74 Å². The Morgan fingerprint density at radius 1 is 0.600 bits per heavy atom. The van der Waals surface area contributed by atoms with Crippen LogP contribution in [0.15, 0.2) is 60.7 Å². The van der Waals surface area contributed by atoms with Crippen molar-refractivity contribution in [3.63, 3.8) is 0 Å². The van der Waals surface area contributed by atoms with E-state index in [1.165, 1.54) is 94.6 Å². The minimum absolute atomic E-state index is 0.273. The fraction of sp³-hybridized carbons (Fsp3) is 0.636. The Labute approximate surface area is 217 Å². The maximum atomic E-state index is 6.03. The van der Waals surface area contributed by atoms with E-state index in [9.17, 15) is 0 Å². The summed E-state index contributed by atoms with van der Waals surface area (Å²) in [6.07, 6.45) is 19.6. The van der Waals surface area contributed by atoms with Crippen molar-refractivity contribution in [2.75, 3.05) is 7.11 Å². The van der Waals surface area contributed by atoms with Crippen molar-refractivity contribution in [3.05, 3.63) is 71.8 Å². The lowest BCUT2D eigenvalue weighted by molar-refractivity contribution is 0.00810. The lowest BCUT2D eigenvalue weighted by Gasteiger charge is -2.34. The molecule has 0 aliphatic carbocycles. The zero-order valence-corrected chi connectivity index (χ0v) is 23.1. The summed E-state index contributed by atoms with van der Waals surface area (Å²) in [5.74, 6) is 0. The predicted octanol–water partition coefficient (Wildman–Crippen LogP) is 9.57. The molecule has 2 heteroatoms. The molecule has 35 heavy (non-hydrogen) atoms. The molecule has 0 unspecified atom stereocenters. The molecule has 2 rings (SSSR count). The number of hydrogen-bond acceptors (Lipinski definition) is 2. The largest absolute Gasteiger partial charge is 0.380 e. The van der Waals surface area contributed by atoms with Gasteiger partial charge >= 0.3 is 0 Å². The monoisotopic (exact) mass is 479 g/mol. The summed E-state index contributed by atoms with van der Waals surface area (Å²) in [5, 5.41) is 0. The fourth-order valence-corrected chi connectivity index (χ4v) is 5.13. The second kappa shape index (κ2) is 19.5. The summed E-state index contributed by atoms with van der Waals surface area (Å²) in [7, 11) is 1.90. The molecule has 0 bridgehead atoms. The standard InChI is InChI=1S/C33H53NO/c1-4-5-6-7-8-9-10-11-12-13-14-15-22-27-33(35-3)30(2)34(28-31-23-18-16-19-24-31)29-32-25-20-17-21-26-32/h16-21,23-26,30,33H,4-15,22,27-29H2,1-3H3/t30-,33+/m0/s1. The van der Waals surface area contributed by atoms with Crippen LogP contribution in [0, 0.1) is 0 Å². The number of nitrogens with zero attached hydrogens (tertiary/aromatic N) is 1. The average Bonchev–Trinajstić information content (AvgIpc) is 2.89. The molecule has 0 saturated carbocycles. The van der Waals surface area contributed by atoms with E-state index in [1.807, 2.05) is 7.11 Å². The van der Waals surface area contributed by atoms with Gasteiger partial charge in [0.25, 0.3) is 0 Å². The zero-order chi connectivity index (χ0) is 25.0. The highest BCUT2D eigenvalue weighted by Crippen LogP contribution is 2.21. The van der Waals surface area contributed by atoms with E-state index in [4.69, 9.17) is 4.74 Å². The maximum absolute atomic E-state index is 6.03. The summed E-state index contributed by atoms with van der Waals surface area (Å²) in [6.45, 7) is 6.55. The van der Waals surface area contributed by atoms with E-state index in [-0.39, 0.29) is 6.10 Å². The van der Waals surface area contributed by atoms with Gasteiger partial charge in [-0.25, -0.2) is 0 Å². The van der Waals surface area contributed by atoms with Gasteiger partial charge in [0.1, 0.15) is 0 Å². The predicted molar refractivity (Wildman–Crippen MR) is 153 cm³/mol. The number of unbranched alkanes of at least 4 members (excludes halogenated alkanes) is 12. The Morgan fingerprint density at radius 3 is 1.40 bits per heavy atom. The minimum Gasteiger partial charge on any atom is -0.380 e. The van der Waals surface area contributed by atoms with Crippen LogP contribution in [-0.2, 0) is 17.8 Å². The van der Waals surface area contributed by atoms with E-state index in [0.29, 0.717) is 6.04 Å². The number of rotatable bonds is 21. The highest BCUT2D eigenvalue weighted by Gasteiger charge is 2.23. The van der Waals surface area contributed by atoms with Gasteiger partial charge in [-0.15, -0.1) is 0 Å². The van der Waals surface area contributed by atoms with Crippen molar-refractivity contribution >= 4 is 0 Å². The molecule has 0 amide bonds. The molecule has 0 fully saturated rings. The highest BCUT2D eigenvalue weighted by atomic mass is 16.5. The second-order valence-electron chi connectivity index (χ2n) is 10.4. The van der Waals surface area contributed by atoms with Gasteiger partial charge in [-0.1, -0.05) is 151 Å². The average molecular weight is 480 g/mol. The topological polar surface area (TPSA) is 12.5 Å². The molecule has 0 aromatic heterocycles. The van der Waals surface area contributed by atoms with Gasteiger partial charge in [0, 0.05) is 26.2 Å². The molecule has 0 heterocycles. The number of methoxy groups -OCH3 is 1. The third-order valence-electron chi connectivity index (χ3n) is 7.47. The van der Waals surface area contributed by atoms with Crippen LogP contribution in [0.25, 0.3) is 0 Å². The Morgan fingerprint density at radius 2 is 1.00 bits per heavy atom.